The fraction of sp³-hybridized carbons (Fsp3) is 0.778. The van der Waals surface area contributed by atoms with Crippen LogP contribution in [-0.2, 0) is 14.3 Å². The maximum atomic E-state index is 11.3. The molecule has 3 N–H and O–H groups in total. The van der Waals surface area contributed by atoms with Crippen LogP contribution in [0.25, 0.3) is 0 Å². The molecule has 0 saturated heterocycles. The van der Waals surface area contributed by atoms with E-state index in [9.17, 15) is 9.59 Å². The molecule has 82 valence electrons. The Kier molecular flexibility index (Phi) is 4.07. The lowest BCUT2D eigenvalue weighted by molar-refractivity contribution is -0.161. The summed E-state index contributed by atoms with van der Waals surface area (Å²) >= 11 is 0. The Morgan fingerprint density at radius 3 is 2.07 bits per heavy atom. The van der Waals surface area contributed by atoms with Crippen LogP contribution in [0.4, 0.5) is 0 Å². The van der Waals surface area contributed by atoms with E-state index >= 15 is 0 Å². The average Bonchev–Trinajstić information content (AvgIpc) is 2.00. The van der Waals surface area contributed by atoms with Crippen LogP contribution in [-0.4, -0.2) is 29.2 Å². The van der Waals surface area contributed by atoms with Crippen LogP contribution in [0.3, 0.4) is 0 Å². The molecular formula is C9H17NO4. The molecule has 0 saturated carbocycles. The number of carboxylic acid groups (broad SMARTS) is 1. The van der Waals surface area contributed by atoms with Crippen molar-refractivity contribution in [3.8, 4) is 0 Å². The molecule has 0 heterocycles. The molecule has 0 aromatic rings. The zero-order valence-corrected chi connectivity index (χ0v) is 8.90. The van der Waals surface area contributed by atoms with Crippen LogP contribution < -0.4 is 5.73 Å². The Labute approximate surface area is 83.2 Å². The van der Waals surface area contributed by atoms with Crippen LogP contribution in [0.15, 0.2) is 0 Å². The molecule has 0 aliphatic heterocycles. The number of hydrogen-bond acceptors (Lipinski definition) is 4. The van der Waals surface area contributed by atoms with E-state index in [1.54, 1.807) is 20.8 Å². The monoisotopic (exact) mass is 203 g/mol. The largest absolute Gasteiger partial charge is 0.480 e. The van der Waals surface area contributed by atoms with Gasteiger partial charge in [0, 0.05) is 0 Å². The first-order valence-corrected chi connectivity index (χ1v) is 4.35. The predicted molar refractivity (Wildman–Crippen MR) is 50.6 cm³/mol. The van der Waals surface area contributed by atoms with Gasteiger partial charge in [0.05, 0.1) is 5.41 Å². The molecule has 0 amide bonds. The lowest BCUT2D eigenvalue weighted by Crippen LogP contribution is -2.44. The van der Waals surface area contributed by atoms with Crippen molar-refractivity contribution in [2.24, 2.45) is 11.1 Å². The van der Waals surface area contributed by atoms with Crippen molar-refractivity contribution in [2.75, 3.05) is 0 Å². The van der Waals surface area contributed by atoms with E-state index in [4.69, 9.17) is 15.6 Å². The van der Waals surface area contributed by atoms with Crippen molar-refractivity contribution < 1.29 is 19.4 Å². The molecule has 5 heteroatoms. The predicted octanol–water partition coefficient (Wildman–Crippen LogP) is 0.376. The maximum Gasteiger partial charge on any atom is 0.324 e. The number of esters is 1. The van der Waals surface area contributed by atoms with E-state index in [0.717, 1.165) is 0 Å². The van der Waals surface area contributed by atoms with Crippen molar-refractivity contribution >= 4 is 11.9 Å². The SMILES string of the molecule is CC(OC(=O)C(C)(C)C)[C@H](N)C(=O)O. The summed E-state index contributed by atoms with van der Waals surface area (Å²) in [5.74, 6) is -1.64. The van der Waals surface area contributed by atoms with Gasteiger partial charge in [0.1, 0.15) is 12.1 Å². The van der Waals surface area contributed by atoms with Crippen molar-refractivity contribution in [3.05, 3.63) is 0 Å². The molecule has 0 radical (unpaired) electrons. The zero-order chi connectivity index (χ0) is 11.5. The van der Waals surface area contributed by atoms with Gasteiger partial charge in [0.2, 0.25) is 0 Å². The van der Waals surface area contributed by atoms with Crippen molar-refractivity contribution in [1.82, 2.24) is 0 Å². The second-order valence-electron chi connectivity index (χ2n) is 4.22. The summed E-state index contributed by atoms with van der Waals surface area (Å²) in [7, 11) is 0. The molecule has 5 nitrogen and oxygen atoms in total. The van der Waals surface area contributed by atoms with Gasteiger partial charge in [0.15, 0.2) is 0 Å². The number of rotatable bonds is 3. The molecule has 0 aliphatic rings. The maximum absolute atomic E-state index is 11.3. The normalized spacial score (nSPS) is 15.8. The Morgan fingerprint density at radius 1 is 1.36 bits per heavy atom. The summed E-state index contributed by atoms with van der Waals surface area (Å²) in [4.78, 5) is 21.8. The number of ether oxygens (including phenoxy) is 1. The lowest BCUT2D eigenvalue weighted by atomic mass is 9.97. The van der Waals surface area contributed by atoms with Crippen LogP contribution >= 0.6 is 0 Å². The fourth-order valence-electron chi connectivity index (χ4n) is 0.620. The fourth-order valence-corrected chi connectivity index (χ4v) is 0.620. The summed E-state index contributed by atoms with van der Waals surface area (Å²) in [6.07, 6.45) is -0.820. The average molecular weight is 203 g/mol. The van der Waals surface area contributed by atoms with Gasteiger partial charge in [0.25, 0.3) is 0 Å². The third kappa shape index (κ3) is 3.74. The second kappa shape index (κ2) is 4.41. The van der Waals surface area contributed by atoms with E-state index in [-0.39, 0.29) is 0 Å². The first-order valence-electron chi connectivity index (χ1n) is 4.35. The summed E-state index contributed by atoms with van der Waals surface area (Å²) in [5, 5.41) is 8.55. The molecule has 0 aliphatic carbocycles. The van der Waals surface area contributed by atoms with Gasteiger partial charge in [-0.15, -0.1) is 0 Å². The third-order valence-electron chi connectivity index (χ3n) is 1.70. The standard InChI is InChI=1S/C9H17NO4/c1-5(6(10)7(11)12)14-8(13)9(2,3)4/h5-6H,10H2,1-4H3,(H,11,12)/t5?,6-/m0/s1. The smallest absolute Gasteiger partial charge is 0.324 e. The molecule has 0 rings (SSSR count). The highest BCUT2D eigenvalue weighted by Crippen LogP contribution is 2.16. The Balaban J connectivity index is 4.27. The highest BCUT2D eigenvalue weighted by atomic mass is 16.5. The Hall–Kier alpha value is -1.10. The minimum absolute atomic E-state index is 0.457. The molecule has 0 fully saturated rings. The molecule has 2 atom stereocenters. The Bertz CT molecular complexity index is 231. The summed E-state index contributed by atoms with van der Waals surface area (Å²) in [5.41, 5.74) is 4.63. The summed E-state index contributed by atoms with van der Waals surface area (Å²) in [6, 6.07) is -1.18. The van der Waals surface area contributed by atoms with E-state index in [2.05, 4.69) is 0 Å². The van der Waals surface area contributed by atoms with Crippen LogP contribution in [0, 0.1) is 5.41 Å². The number of hydrogen-bond donors (Lipinski definition) is 2. The first kappa shape index (κ1) is 12.9. The number of carbonyl (C=O) groups is 2. The molecular weight excluding hydrogens is 186 g/mol. The Morgan fingerprint density at radius 2 is 1.79 bits per heavy atom. The van der Waals surface area contributed by atoms with E-state index in [1.165, 1.54) is 6.92 Å². The van der Waals surface area contributed by atoms with Crippen LogP contribution in [0.2, 0.25) is 0 Å². The molecule has 14 heavy (non-hydrogen) atoms. The quantitative estimate of drug-likeness (QED) is 0.647. The number of aliphatic carboxylic acids is 1. The molecule has 1 unspecified atom stereocenters. The van der Waals surface area contributed by atoms with Crippen LogP contribution in [0.1, 0.15) is 27.7 Å². The number of carbonyl (C=O) groups excluding carboxylic acids is 1. The molecule has 0 bridgehead atoms. The van der Waals surface area contributed by atoms with Gasteiger partial charge >= 0.3 is 11.9 Å². The van der Waals surface area contributed by atoms with Crippen molar-refractivity contribution in [3.63, 3.8) is 0 Å². The molecule has 0 aromatic heterocycles. The highest BCUT2D eigenvalue weighted by molar-refractivity contribution is 5.77. The van der Waals surface area contributed by atoms with E-state index < -0.39 is 29.5 Å². The number of carboxylic acids is 1. The lowest BCUT2D eigenvalue weighted by Gasteiger charge is -2.22. The van der Waals surface area contributed by atoms with Crippen LogP contribution in [0.5, 0.6) is 0 Å². The number of nitrogens with two attached hydrogens (primary N) is 1. The van der Waals surface area contributed by atoms with Gasteiger partial charge in [-0.25, -0.2) is 0 Å². The topological polar surface area (TPSA) is 89.6 Å². The molecule has 0 spiro atoms. The second-order valence-corrected chi connectivity index (χ2v) is 4.22. The van der Waals surface area contributed by atoms with Gasteiger partial charge < -0.3 is 15.6 Å². The van der Waals surface area contributed by atoms with Gasteiger partial charge in [-0.3, -0.25) is 9.59 Å². The molecule has 0 aromatic carbocycles. The third-order valence-corrected chi connectivity index (χ3v) is 1.70. The summed E-state index contributed by atoms with van der Waals surface area (Å²) in [6.45, 7) is 6.53. The summed E-state index contributed by atoms with van der Waals surface area (Å²) < 4.78 is 4.89. The van der Waals surface area contributed by atoms with E-state index in [1.807, 2.05) is 0 Å². The highest BCUT2D eigenvalue weighted by Gasteiger charge is 2.29. The van der Waals surface area contributed by atoms with Crippen molar-refractivity contribution in [1.29, 1.82) is 0 Å². The minimum atomic E-state index is -1.18. The zero-order valence-electron chi connectivity index (χ0n) is 8.90. The van der Waals surface area contributed by atoms with Crippen molar-refractivity contribution in [2.45, 2.75) is 39.8 Å². The van der Waals surface area contributed by atoms with Gasteiger partial charge in [-0.1, -0.05) is 0 Å². The van der Waals surface area contributed by atoms with Gasteiger partial charge in [-0.05, 0) is 27.7 Å². The van der Waals surface area contributed by atoms with E-state index in [0.29, 0.717) is 0 Å². The first-order chi connectivity index (χ1) is 6.16. The minimum Gasteiger partial charge on any atom is -0.480 e. The van der Waals surface area contributed by atoms with Gasteiger partial charge in [-0.2, -0.15) is 0 Å².